The number of benzene rings is 1. The number of hydrogen-bond donors (Lipinski definition) is 2. The third-order valence-electron chi connectivity index (χ3n) is 3.48. The van der Waals surface area contributed by atoms with Crippen molar-refractivity contribution < 1.29 is 0 Å². The van der Waals surface area contributed by atoms with Crippen molar-refractivity contribution in [2.24, 2.45) is 17.7 Å². The van der Waals surface area contributed by atoms with Gasteiger partial charge in [0, 0.05) is 6.04 Å². The Bertz CT molecular complexity index is 318. The first-order valence-electron chi connectivity index (χ1n) is 5.72. The topological polar surface area (TPSA) is 38.0 Å². The fourth-order valence-electron chi connectivity index (χ4n) is 2.22. The van der Waals surface area contributed by atoms with E-state index < -0.39 is 0 Å². The first-order valence-corrected chi connectivity index (χ1v) is 5.72. The second-order valence-electron chi connectivity index (χ2n) is 4.84. The smallest absolute Gasteiger partial charge is 0.0281 e. The number of hydrogen-bond acceptors (Lipinski definition) is 2. The van der Waals surface area contributed by atoms with Crippen molar-refractivity contribution in [3.05, 3.63) is 35.4 Å². The third kappa shape index (κ3) is 2.58. The van der Waals surface area contributed by atoms with Crippen LogP contribution in [0.2, 0.25) is 0 Å². The van der Waals surface area contributed by atoms with Gasteiger partial charge in [0.25, 0.3) is 0 Å². The summed E-state index contributed by atoms with van der Waals surface area (Å²) in [6.07, 6.45) is 2.37. The van der Waals surface area contributed by atoms with Gasteiger partial charge in [0.05, 0.1) is 0 Å². The van der Waals surface area contributed by atoms with Crippen molar-refractivity contribution >= 4 is 0 Å². The molecular weight excluding hydrogens is 184 g/mol. The van der Waals surface area contributed by atoms with Crippen molar-refractivity contribution in [3.8, 4) is 0 Å². The summed E-state index contributed by atoms with van der Waals surface area (Å²) in [7, 11) is 0. The van der Waals surface area contributed by atoms with Crippen LogP contribution in [0.25, 0.3) is 0 Å². The van der Waals surface area contributed by atoms with Gasteiger partial charge in [-0.3, -0.25) is 11.3 Å². The van der Waals surface area contributed by atoms with Crippen LogP contribution in [-0.2, 0) is 6.42 Å². The van der Waals surface area contributed by atoms with Crippen LogP contribution in [0.5, 0.6) is 0 Å². The van der Waals surface area contributed by atoms with Crippen LogP contribution < -0.4 is 11.3 Å². The average Bonchev–Trinajstić information content (AvgIpc) is 2.95. The van der Waals surface area contributed by atoms with Crippen LogP contribution in [0.4, 0.5) is 0 Å². The predicted octanol–water partition coefficient (Wildman–Crippen LogP) is 2.03. The zero-order valence-electron chi connectivity index (χ0n) is 9.53. The molecule has 0 aliphatic heterocycles. The summed E-state index contributed by atoms with van der Waals surface area (Å²) < 4.78 is 0. The second kappa shape index (κ2) is 4.33. The minimum absolute atomic E-state index is 0.447. The quantitative estimate of drug-likeness (QED) is 0.581. The minimum atomic E-state index is 0.447. The highest BCUT2D eigenvalue weighted by atomic mass is 15.2. The maximum atomic E-state index is 5.60. The van der Waals surface area contributed by atoms with Crippen molar-refractivity contribution in [2.45, 2.75) is 32.7 Å². The van der Waals surface area contributed by atoms with Crippen LogP contribution in [0.1, 0.15) is 24.5 Å². The van der Waals surface area contributed by atoms with Crippen molar-refractivity contribution in [2.75, 3.05) is 0 Å². The maximum Gasteiger partial charge on any atom is 0.0281 e. The molecule has 15 heavy (non-hydrogen) atoms. The summed E-state index contributed by atoms with van der Waals surface area (Å²) in [6, 6.07) is 9.18. The van der Waals surface area contributed by atoms with Crippen LogP contribution in [0.3, 0.4) is 0 Å². The Kier molecular flexibility index (Phi) is 3.08. The summed E-state index contributed by atoms with van der Waals surface area (Å²) in [5, 5.41) is 0. The van der Waals surface area contributed by atoms with Gasteiger partial charge in [-0.1, -0.05) is 36.8 Å². The van der Waals surface area contributed by atoms with Gasteiger partial charge in [-0.05, 0) is 37.2 Å². The first kappa shape index (κ1) is 10.7. The zero-order chi connectivity index (χ0) is 10.8. The first-order chi connectivity index (χ1) is 7.20. The highest BCUT2D eigenvalue weighted by Gasteiger charge is 2.38. The molecule has 0 saturated heterocycles. The monoisotopic (exact) mass is 204 g/mol. The van der Waals surface area contributed by atoms with Gasteiger partial charge in [0.2, 0.25) is 0 Å². The second-order valence-corrected chi connectivity index (χ2v) is 4.84. The molecule has 2 rings (SSSR count). The van der Waals surface area contributed by atoms with Crippen molar-refractivity contribution in [1.82, 2.24) is 5.43 Å². The average molecular weight is 204 g/mol. The molecule has 1 aromatic carbocycles. The lowest BCUT2D eigenvalue weighted by molar-refractivity contribution is 0.454. The molecule has 1 fully saturated rings. The standard InChI is InChI=1S/C13H20N2/c1-9-3-5-11(6-4-9)8-13(15-14)12-7-10(12)2/h3-6,10,12-13,15H,7-8,14H2,1-2H3. The largest absolute Gasteiger partial charge is 0.271 e. The maximum absolute atomic E-state index is 5.60. The third-order valence-corrected chi connectivity index (χ3v) is 3.48. The molecule has 2 heteroatoms. The molecule has 3 unspecified atom stereocenters. The fraction of sp³-hybridized carbons (Fsp3) is 0.538. The Morgan fingerprint density at radius 3 is 2.47 bits per heavy atom. The highest BCUT2D eigenvalue weighted by Crippen LogP contribution is 2.41. The molecule has 1 aliphatic rings. The van der Waals surface area contributed by atoms with Crippen LogP contribution in [-0.4, -0.2) is 6.04 Å². The van der Waals surface area contributed by atoms with E-state index in [-0.39, 0.29) is 0 Å². The predicted molar refractivity (Wildman–Crippen MR) is 63.3 cm³/mol. The Morgan fingerprint density at radius 2 is 2.00 bits per heavy atom. The Morgan fingerprint density at radius 1 is 1.40 bits per heavy atom. The van der Waals surface area contributed by atoms with E-state index in [1.165, 1.54) is 17.5 Å². The molecule has 0 bridgehead atoms. The van der Waals surface area contributed by atoms with Crippen molar-refractivity contribution in [1.29, 1.82) is 0 Å². The fourth-order valence-corrected chi connectivity index (χ4v) is 2.22. The molecule has 1 aliphatic carbocycles. The highest BCUT2D eigenvalue weighted by molar-refractivity contribution is 5.22. The Balaban J connectivity index is 1.97. The number of rotatable bonds is 4. The lowest BCUT2D eigenvalue weighted by Gasteiger charge is -2.15. The Hall–Kier alpha value is -0.860. The van der Waals surface area contributed by atoms with E-state index in [4.69, 9.17) is 5.84 Å². The number of nitrogens with two attached hydrogens (primary N) is 1. The SMILES string of the molecule is Cc1ccc(CC(NN)C2CC2C)cc1. The van der Waals surface area contributed by atoms with Gasteiger partial charge in [0.15, 0.2) is 0 Å². The zero-order valence-corrected chi connectivity index (χ0v) is 9.53. The van der Waals surface area contributed by atoms with Gasteiger partial charge in [-0.25, -0.2) is 0 Å². The van der Waals surface area contributed by atoms with Gasteiger partial charge < -0.3 is 0 Å². The molecule has 3 N–H and O–H groups in total. The molecule has 1 saturated carbocycles. The van der Waals surface area contributed by atoms with Gasteiger partial charge in [0.1, 0.15) is 0 Å². The van der Waals surface area contributed by atoms with Gasteiger partial charge in [-0.15, -0.1) is 0 Å². The summed E-state index contributed by atoms with van der Waals surface area (Å²) in [5.74, 6) is 7.22. The molecule has 0 radical (unpaired) electrons. The molecule has 82 valence electrons. The Labute approximate surface area is 91.8 Å². The van der Waals surface area contributed by atoms with Crippen LogP contribution in [0.15, 0.2) is 24.3 Å². The van der Waals surface area contributed by atoms with E-state index in [0.717, 1.165) is 18.3 Å². The molecule has 0 spiro atoms. The van der Waals surface area contributed by atoms with Crippen LogP contribution >= 0.6 is 0 Å². The molecule has 3 atom stereocenters. The van der Waals surface area contributed by atoms with E-state index in [9.17, 15) is 0 Å². The number of nitrogens with one attached hydrogen (secondary N) is 1. The van der Waals surface area contributed by atoms with Crippen LogP contribution in [0, 0.1) is 18.8 Å². The molecular formula is C13H20N2. The lowest BCUT2D eigenvalue weighted by Crippen LogP contribution is -2.38. The summed E-state index contributed by atoms with van der Waals surface area (Å²) in [6.45, 7) is 4.41. The number of hydrazine groups is 1. The normalized spacial score (nSPS) is 26.3. The summed E-state index contributed by atoms with van der Waals surface area (Å²) >= 11 is 0. The molecule has 1 aromatic rings. The van der Waals surface area contributed by atoms with E-state index in [2.05, 4.69) is 43.5 Å². The summed E-state index contributed by atoms with van der Waals surface area (Å²) in [5.41, 5.74) is 5.65. The van der Waals surface area contributed by atoms with E-state index in [1.807, 2.05) is 0 Å². The van der Waals surface area contributed by atoms with Crippen molar-refractivity contribution in [3.63, 3.8) is 0 Å². The minimum Gasteiger partial charge on any atom is -0.271 e. The number of aryl methyl sites for hydroxylation is 1. The van der Waals surface area contributed by atoms with E-state index in [0.29, 0.717) is 6.04 Å². The summed E-state index contributed by atoms with van der Waals surface area (Å²) in [4.78, 5) is 0. The van der Waals surface area contributed by atoms with Gasteiger partial charge in [-0.2, -0.15) is 0 Å². The van der Waals surface area contributed by atoms with E-state index >= 15 is 0 Å². The molecule has 2 nitrogen and oxygen atoms in total. The van der Waals surface area contributed by atoms with E-state index in [1.54, 1.807) is 0 Å². The molecule has 0 heterocycles. The molecule has 0 aromatic heterocycles. The molecule has 0 amide bonds. The lowest BCUT2D eigenvalue weighted by atomic mass is 10.0. The van der Waals surface area contributed by atoms with Gasteiger partial charge >= 0.3 is 0 Å².